The van der Waals surface area contributed by atoms with Crippen LogP contribution in [0.4, 0.5) is 4.39 Å². The van der Waals surface area contributed by atoms with Crippen molar-refractivity contribution in [3.63, 3.8) is 0 Å². The highest BCUT2D eigenvalue weighted by Gasteiger charge is 2.15. The molecule has 1 aliphatic heterocycles. The van der Waals surface area contributed by atoms with Gasteiger partial charge in [-0.25, -0.2) is 17.5 Å². The predicted octanol–water partition coefficient (Wildman–Crippen LogP) is 1.59. The van der Waals surface area contributed by atoms with Crippen LogP contribution in [0, 0.1) is 5.82 Å². The zero-order chi connectivity index (χ0) is 13.7. The lowest BCUT2D eigenvalue weighted by Crippen LogP contribution is -2.37. The highest BCUT2D eigenvalue weighted by Crippen LogP contribution is 2.10. The minimum absolute atomic E-state index is 0.104. The van der Waals surface area contributed by atoms with E-state index in [1.54, 1.807) is 0 Å². The van der Waals surface area contributed by atoms with Crippen molar-refractivity contribution in [3.05, 3.63) is 30.1 Å². The minimum Gasteiger partial charge on any atom is -0.302 e. The van der Waals surface area contributed by atoms with Crippen molar-refractivity contribution in [2.75, 3.05) is 26.2 Å². The Balaban J connectivity index is 1.85. The zero-order valence-corrected chi connectivity index (χ0v) is 11.6. The molecule has 0 spiro atoms. The molecule has 1 aromatic carbocycles. The number of rotatable bonds is 5. The lowest BCUT2D eigenvalue weighted by atomic mass is 10.1. The predicted molar refractivity (Wildman–Crippen MR) is 71.9 cm³/mol. The van der Waals surface area contributed by atoms with Crippen LogP contribution in [0.25, 0.3) is 0 Å². The van der Waals surface area contributed by atoms with Gasteiger partial charge in [-0.05, 0) is 50.2 Å². The second-order valence-electron chi connectivity index (χ2n) is 4.75. The fourth-order valence-corrected chi connectivity index (χ4v) is 3.24. The Hall–Kier alpha value is -0.980. The summed E-state index contributed by atoms with van der Waals surface area (Å²) in [6, 6.07) is 4.86. The van der Waals surface area contributed by atoms with Crippen molar-refractivity contribution in [1.29, 1.82) is 0 Å². The number of nitrogens with zero attached hydrogens (tertiary/aromatic N) is 1. The fourth-order valence-electron chi connectivity index (χ4n) is 2.22. The molecule has 0 aromatic heterocycles. The van der Waals surface area contributed by atoms with Crippen LogP contribution in [0.5, 0.6) is 0 Å². The van der Waals surface area contributed by atoms with E-state index >= 15 is 0 Å². The highest BCUT2D eigenvalue weighted by molar-refractivity contribution is 7.89. The number of benzene rings is 1. The maximum absolute atomic E-state index is 12.7. The van der Waals surface area contributed by atoms with Gasteiger partial charge in [0.1, 0.15) is 5.82 Å². The number of sulfonamides is 1. The zero-order valence-electron chi connectivity index (χ0n) is 10.8. The van der Waals surface area contributed by atoms with Crippen LogP contribution in [0.15, 0.2) is 29.2 Å². The van der Waals surface area contributed by atoms with Crippen molar-refractivity contribution in [2.24, 2.45) is 0 Å². The summed E-state index contributed by atoms with van der Waals surface area (Å²) in [6.45, 7) is 3.19. The first-order valence-electron chi connectivity index (χ1n) is 6.55. The summed E-state index contributed by atoms with van der Waals surface area (Å²) in [5.74, 6) is -0.438. The molecule has 1 saturated heterocycles. The molecule has 0 saturated carbocycles. The lowest BCUT2D eigenvalue weighted by molar-refractivity contribution is 0.233. The van der Waals surface area contributed by atoms with Crippen LogP contribution in [0.2, 0.25) is 0 Å². The molecule has 19 heavy (non-hydrogen) atoms. The molecular weight excluding hydrogens is 267 g/mol. The molecule has 0 aliphatic carbocycles. The van der Waals surface area contributed by atoms with Gasteiger partial charge in [0.2, 0.25) is 10.0 Å². The number of hydrogen-bond donors (Lipinski definition) is 1. The van der Waals surface area contributed by atoms with Gasteiger partial charge in [0.15, 0.2) is 0 Å². The minimum atomic E-state index is -3.52. The summed E-state index contributed by atoms with van der Waals surface area (Å²) in [6.07, 6.45) is 3.63. The first-order valence-corrected chi connectivity index (χ1v) is 8.04. The summed E-state index contributed by atoms with van der Waals surface area (Å²) in [5.41, 5.74) is 0. The van der Waals surface area contributed by atoms with E-state index in [0.717, 1.165) is 31.8 Å². The molecule has 106 valence electrons. The second kappa shape index (κ2) is 6.45. The third-order valence-corrected chi connectivity index (χ3v) is 4.77. The van der Waals surface area contributed by atoms with Gasteiger partial charge in [-0.3, -0.25) is 0 Å². The molecule has 6 heteroatoms. The van der Waals surface area contributed by atoms with Gasteiger partial charge in [0, 0.05) is 13.1 Å². The first-order chi connectivity index (χ1) is 9.08. The van der Waals surface area contributed by atoms with E-state index in [0.29, 0.717) is 6.54 Å². The van der Waals surface area contributed by atoms with Crippen LogP contribution in [0.3, 0.4) is 0 Å². The molecule has 4 nitrogen and oxygen atoms in total. The molecule has 1 aromatic rings. The topological polar surface area (TPSA) is 49.4 Å². The number of halogens is 1. The van der Waals surface area contributed by atoms with Crippen molar-refractivity contribution in [2.45, 2.75) is 24.2 Å². The number of hydrogen-bond acceptors (Lipinski definition) is 3. The Bertz CT molecular complexity index is 496. The molecule has 1 fully saturated rings. The van der Waals surface area contributed by atoms with Crippen LogP contribution >= 0.6 is 0 Å². The van der Waals surface area contributed by atoms with Gasteiger partial charge in [0.25, 0.3) is 0 Å². The van der Waals surface area contributed by atoms with E-state index in [2.05, 4.69) is 9.62 Å². The summed E-state index contributed by atoms with van der Waals surface area (Å²) in [4.78, 5) is 2.36. The number of likely N-dealkylation sites (tertiary alicyclic amines) is 1. The average molecular weight is 286 g/mol. The Morgan fingerprint density at radius 2 is 1.74 bits per heavy atom. The quantitative estimate of drug-likeness (QED) is 0.894. The molecule has 0 bridgehead atoms. The van der Waals surface area contributed by atoms with Crippen molar-refractivity contribution < 1.29 is 12.8 Å². The first kappa shape index (κ1) is 14.4. The van der Waals surface area contributed by atoms with Crippen LogP contribution in [-0.2, 0) is 10.0 Å². The Morgan fingerprint density at radius 3 is 2.37 bits per heavy atom. The standard InChI is InChI=1S/C13H19FN2O2S/c14-12-4-6-13(7-5-12)19(17,18)15-8-11-16-9-2-1-3-10-16/h4-7,15H,1-3,8-11H2. The molecule has 0 unspecified atom stereocenters. The summed E-state index contributed by atoms with van der Waals surface area (Å²) in [7, 11) is -3.52. The molecule has 0 atom stereocenters. The van der Waals surface area contributed by atoms with Gasteiger partial charge < -0.3 is 4.90 Å². The van der Waals surface area contributed by atoms with E-state index in [1.165, 1.54) is 31.4 Å². The average Bonchev–Trinajstić information content (AvgIpc) is 2.40. The SMILES string of the molecule is O=S(=O)(NCCN1CCCCC1)c1ccc(F)cc1. The van der Waals surface area contributed by atoms with E-state index in [-0.39, 0.29) is 4.90 Å². The van der Waals surface area contributed by atoms with Crippen LogP contribution in [-0.4, -0.2) is 39.5 Å². The summed E-state index contributed by atoms with van der Waals surface area (Å²) < 4.78 is 39.2. The van der Waals surface area contributed by atoms with Gasteiger partial charge in [-0.1, -0.05) is 6.42 Å². The smallest absolute Gasteiger partial charge is 0.240 e. The van der Waals surface area contributed by atoms with Gasteiger partial charge in [-0.2, -0.15) is 0 Å². The fraction of sp³-hybridized carbons (Fsp3) is 0.538. The Labute approximate surface area is 113 Å². The molecule has 1 aliphatic rings. The van der Waals surface area contributed by atoms with Gasteiger partial charge in [-0.15, -0.1) is 0 Å². The lowest BCUT2D eigenvalue weighted by Gasteiger charge is -2.26. The van der Waals surface area contributed by atoms with E-state index in [1.807, 2.05) is 0 Å². The Kier molecular flexibility index (Phi) is 4.90. The largest absolute Gasteiger partial charge is 0.302 e. The van der Waals surface area contributed by atoms with Crippen molar-refractivity contribution in [1.82, 2.24) is 9.62 Å². The monoisotopic (exact) mass is 286 g/mol. The summed E-state index contributed by atoms with van der Waals surface area (Å²) >= 11 is 0. The van der Waals surface area contributed by atoms with Crippen molar-refractivity contribution in [3.8, 4) is 0 Å². The van der Waals surface area contributed by atoms with E-state index in [9.17, 15) is 12.8 Å². The van der Waals surface area contributed by atoms with Crippen LogP contribution in [0.1, 0.15) is 19.3 Å². The third-order valence-electron chi connectivity index (χ3n) is 3.29. The van der Waals surface area contributed by atoms with E-state index < -0.39 is 15.8 Å². The molecule has 2 rings (SSSR count). The molecule has 1 heterocycles. The molecule has 0 amide bonds. The normalized spacial score (nSPS) is 17.5. The maximum atomic E-state index is 12.7. The van der Waals surface area contributed by atoms with Gasteiger partial charge >= 0.3 is 0 Å². The molecule has 0 radical (unpaired) electrons. The van der Waals surface area contributed by atoms with Crippen LogP contribution < -0.4 is 4.72 Å². The van der Waals surface area contributed by atoms with Gasteiger partial charge in [0.05, 0.1) is 4.90 Å². The number of nitrogens with one attached hydrogen (secondary N) is 1. The van der Waals surface area contributed by atoms with E-state index in [4.69, 9.17) is 0 Å². The third kappa shape index (κ3) is 4.26. The second-order valence-corrected chi connectivity index (χ2v) is 6.52. The molecule has 1 N–H and O–H groups in total. The maximum Gasteiger partial charge on any atom is 0.240 e. The number of piperidine rings is 1. The highest BCUT2D eigenvalue weighted by atomic mass is 32.2. The molecular formula is C13H19FN2O2S. The van der Waals surface area contributed by atoms with Crippen molar-refractivity contribution >= 4 is 10.0 Å². The Morgan fingerprint density at radius 1 is 1.11 bits per heavy atom. The summed E-state index contributed by atoms with van der Waals surface area (Å²) in [5, 5.41) is 0.